The van der Waals surface area contributed by atoms with Crippen LogP contribution in [0.1, 0.15) is 39.7 Å². The maximum atomic E-state index is 13.9. The summed E-state index contributed by atoms with van der Waals surface area (Å²) in [5.74, 6) is -0.285. The molecule has 0 spiro atoms. The molecule has 44 heavy (non-hydrogen) atoms. The zero-order valence-corrected chi connectivity index (χ0v) is 27.4. The largest absolute Gasteiger partial charge is 0.352 e. The van der Waals surface area contributed by atoms with Gasteiger partial charge >= 0.3 is 0 Å². The fraction of sp³-hybridized carbons (Fsp3) is 0.333. The molecule has 0 radical (unpaired) electrons. The van der Waals surface area contributed by atoms with Crippen molar-refractivity contribution in [1.82, 2.24) is 29.7 Å². The molecule has 2 aliphatic rings. The summed E-state index contributed by atoms with van der Waals surface area (Å²) in [7, 11) is 0. The highest BCUT2D eigenvalue weighted by Crippen LogP contribution is 2.38. The number of carbonyl (C=O) groups excluding carboxylic acids is 2. The molecule has 1 aliphatic carbocycles. The third-order valence-corrected chi connectivity index (χ3v) is 9.27. The molecule has 2 aromatic carbocycles. The van der Waals surface area contributed by atoms with Crippen molar-refractivity contribution in [3.8, 4) is 0 Å². The van der Waals surface area contributed by atoms with Crippen molar-refractivity contribution in [2.24, 2.45) is 0 Å². The van der Waals surface area contributed by atoms with Crippen LogP contribution in [0.5, 0.6) is 0 Å². The van der Waals surface area contributed by atoms with Gasteiger partial charge in [0.1, 0.15) is 6.04 Å². The second-order valence-corrected chi connectivity index (χ2v) is 13.2. The van der Waals surface area contributed by atoms with Gasteiger partial charge in [-0.25, -0.2) is 4.98 Å². The lowest BCUT2D eigenvalue weighted by Gasteiger charge is -2.44. The first kappa shape index (κ1) is 30.8. The lowest BCUT2D eigenvalue weighted by Crippen LogP contribution is -2.61. The van der Waals surface area contributed by atoms with Crippen LogP contribution in [-0.2, 0) is 35.4 Å². The van der Waals surface area contributed by atoms with E-state index in [0.717, 1.165) is 45.4 Å². The van der Waals surface area contributed by atoms with Crippen LogP contribution in [0.4, 0.5) is 0 Å². The van der Waals surface area contributed by atoms with E-state index in [-0.39, 0.29) is 24.3 Å². The third kappa shape index (κ3) is 6.86. The number of carbonyl (C=O) groups is 2. The summed E-state index contributed by atoms with van der Waals surface area (Å²) in [5.41, 5.74) is 6.18. The Morgan fingerprint density at radius 2 is 1.84 bits per heavy atom. The Morgan fingerprint density at radius 3 is 2.64 bits per heavy atom. The maximum absolute atomic E-state index is 13.9. The summed E-state index contributed by atoms with van der Waals surface area (Å²) < 4.78 is 2.87. The number of piperazine rings is 1. The average molecular weight is 696 g/mol. The standard InChI is InChI=1S/C33H33BrCl2N6O2/c1-21-18-40(20-39-21)10-9-37-33(44)29-19-41(11-12-42(29)30(43)14-22-3-2-4-26(35)13-22)32-28-8-7-27(36)16-23(28)5-6-24-15-25(34)17-38-31(24)32/h2-4,7-8,13,15-18,20,29,32H,5-6,9-12,14,19H2,1H3,(H,37,44)/t29-,32?/m1/s1. The molecule has 1 fully saturated rings. The van der Waals surface area contributed by atoms with Crippen molar-refractivity contribution < 1.29 is 9.59 Å². The van der Waals surface area contributed by atoms with Crippen LogP contribution in [0, 0.1) is 6.92 Å². The molecule has 11 heteroatoms. The third-order valence-electron chi connectivity index (χ3n) is 8.37. The SMILES string of the molecule is Cc1cn(CCNC(=O)[C@H]2CN(C3c4ccc(Cl)cc4CCc4cc(Br)cnc43)CCN2C(=O)Cc2cccc(Cl)c2)cn1. The molecule has 3 heterocycles. The lowest BCUT2D eigenvalue weighted by atomic mass is 9.95. The van der Waals surface area contributed by atoms with Gasteiger partial charge in [0.15, 0.2) is 0 Å². The molecule has 2 aromatic heterocycles. The Hall–Kier alpha value is -3.24. The first-order chi connectivity index (χ1) is 21.2. The number of benzene rings is 2. The minimum atomic E-state index is -0.683. The Balaban J connectivity index is 1.30. The average Bonchev–Trinajstić information content (AvgIpc) is 3.35. The van der Waals surface area contributed by atoms with Crippen LogP contribution in [0.2, 0.25) is 10.0 Å². The van der Waals surface area contributed by atoms with E-state index in [1.165, 1.54) is 5.56 Å². The number of imidazole rings is 1. The number of aryl methyl sites for hydroxylation is 3. The van der Waals surface area contributed by atoms with Gasteiger partial charge in [-0.15, -0.1) is 0 Å². The highest BCUT2D eigenvalue weighted by atomic mass is 79.9. The number of amides is 2. The second kappa shape index (κ2) is 13.4. The fourth-order valence-corrected chi connectivity index (χ4v) is 7.07. The van der Waals surface area contributed by atoms with Crippen molar-refractivity contribution >= 4 is 50.9 Å². The van der Waals surface area contributed by atoms with Gasteiger partial charge in [-0.2, -0.15) is 0 Å². The van der Waals surface area contributed by atoms with Gasteiger partial charge < -0.3 is 14.8 Å². The molecule has 228 valence electrons. The molecule has 0 saturated carbocycles. The quantitative estimate of drug-likeness (QED) is 0.280. The predicted molar refractivity (Wildman–Crippen MR) is 175 cm³/mol. The van der Waals surface area contributed by atoms with E-state index in [1.54, 1.807) is 23.4 Å². The molecular weight excluding hydrogens is 663 g/mol. The van der Waals surface area contributed by atoms with Crippen molar-refractivity contribution in [2.75, 3.05) is 26.2 Å². The number of rotatable bonds is 7. The van der Waals surface area contributed by atoms with Gasteiger partial charge in [-0.1, -0.05) is 41.4 Å². The Labute approximate surface area is 275 Å². The monoisotopic (exact) mass is 694 g/mol. The second-order valence-electron chi connectivity index (χ2n) is 11.4. The summed E-state index contributed by atoms with van der Waals surface area (Å²) in [6.45, 7) is 4.29. The van der Waals surface area contributed by atoms with Gasteiger partial charge in [-0.05, 0) is 88.3 Å². The Morgan fingerprint density at radius 1 is 1.02 bits per heavy atom. The minimum Gasteiger partial charge on any atom is -0.352 e. The molecule has 1 aliphatic heterocycles. The van der Waals surface area contributed by atoms with Crippen LogP contribution in [0.15, 0.2) is 71.7 Å². The normalized spacial score (nSPS) is 18.3. The topological polar surface area (TPSA) is 83.4 Å². The smallest absolute Gasteiger partial charge is 0.244 e. The molecule has 1 unspecified atom stereocenters. The number of fused-ring (bicyclic) bond motifs is 2. The zero-order valence-electron chi connectivity index (χ0n) is 24.3. The maximum Gasteiger partial charge on any atom is 0.244 e. The predicted octanol–water partition coefficient (Wildman–Crippen LogP) is 5.42. The lowest BCUT2D eigenvalue weighted by molar-refractivity contribution is -0.144. The summed E-state index contributed by atoms with van der Waals surface area (Å²) in [4.78, 5) is 40.8. The Kier molecular flexibility index (Phi) is 9.37. The van der Waals surface area contributed by atoms with Crippen molar-refractivity contribution in [2.45, 2.75) is 44.8 Å². The number of hydrogen-bond donors (Lipinski definition) is 1. The number of aromatic nitrogens is 3. The molecule has 2 atom stereocenters. The summed E-state index contributed by atoms with van der Waals surface area (Å²) >= 11 is 16.2. The van der Waals surface area contributed by atoms with Crippen molar-refractivity contribution in [3.63, 3.8) is 0 Å². The van der Waals surface area contributed by atoms with E-state index in [4.69, 9.17) is 28.2 Å². The highest BCUT2D eigenvalue weighted by Gasteiger charge is 2.40. The number of halogens is 3. The first-order valence-corrected chi connectivity index (χ1v) is 16.3. The van der Waals surface area contributed by atoms with E-state index in [2.05, 4.69) is 43.3 Å². The van der Waals surface area contributed by atoms with Gasteiger partial charge in [0.05, 0.1) is 30.2 Å². The molecule has 1 N–H and O–H groups in total. The number of hydrogen-bond acceptors (Lipinski definition) is 5. The summed E-state index contributed by atoms with van der Waals surface area (Å²) in [6.07, 6.45) is 7.37. The molecule has 6 rings (SSSR count). The van der Waals surface area contributed by atoms with Gasteiger partial charge in [0.2, 0.25) is 11.8 Å². The molecule has 2 amide bonds. The molecule has 8 nitrogen and oxygen atoms in total. The van der Waals surface area contributed by atoms with E-state index >= 15 is 0 Å². The number of nitrogens with zero attached hydrogens (tertiary/aromatic N) is 5. The molecular formula is C33H33BrCl2N6O2. The van der Waals surface area contributed by atoms with Crippen LogP contribution in [0.25, 0.3) is 0 Å². The van der Waals surface area contributed by atoms with Crippen molar-refractivity contribution in [3.05, 3.63) is 115 Å². The fourth-order valence-electron chi connectivity index (χ4n) is 6.29. The van der Waals surface area contributed by atoms with Crippen LogP contribution in [-0.4, -0.2) is 68.4 Å². The van der Waals surface area contributed by atoms with Gasteiger partial charge in [0, 0.05) is 59.6 Å². The Bertz CT molecular complexity index is 1640. The highest BCUT2D eigenvalue weighted by molar-refractivity contribution is 9.10. The first-order valence-electron chi connectivity index (χ1n) is 14.7. The van der Waals surface area contributed by atoms with Crippen molar-refractivity contribution in [1.29, 1.82) is 0 Å². The van der Waals surface area contributed by atoms with E-state index in [1.807, 2.05) is 48.1 Å². The number of pyridine rings is 1. The van der Waals surface area contributed by atoms with E-state index < -0.39 is 6.04 Å². The summed E-state index contributed by atoms with van der Waals surface area (Å²) in [5, 5.41) is 4.36. The van der Waals surface area contributed by atoms with Gasteiger partial charge in [-0.3, -0.25) is 19.5 Å². The summed E-state index contributed by atoms with van der Waals surface area (Å²) in [6, 6.07) is 14.6. The zero-order chi connectivity index (χ0) is 30.8. The molecule has 0 bridgehead atoms. The molecule has 1 saturated heterocycles. The van der Waals surface area contributed by atoms with Gasteiger partial charge in [0.25, 0.3) is 0 Å². The number of nitrogens with one attached hydrogen (secondary N) is 1. The molecule has 4 aromatic rings. The van der Waals surface area contributed by atoms with E-state index in [0.29, 0.717) is 42.8 Å². The van der Waals surface area contributed by atoms with Crippen LogP contribution in [0.3, 0.4) is 0 Å². The minimum absolute atomic E-state index is 0.104. The van der Waals surface area contributed by atoms with Crippen LogP contribution < -0.4 is 5.32 Å². The van der Waals surface area contributed by atoms with E-state index in [9.17, 15) is 9.59 Å². The van der Waals surface area contributed by atoms with Crippen LogP contribution >= 0.6 is 39.1 Å².